The van der Waals surface area contributed by atoms with Crippen LogP contribution in [0.2, 0.25) is 5.02 Å². The Balaban J connectivity index is 2.01. The predicted octanol–water partition coefficient (Wildman–Crippen LogP) is 3.89. The number of carboxylic acids is 1. The maximum atomic E-state index is 10.9. The lowest BCUT2D eigenvalue weighted by Crippen LogP contribution is -2.18. The summed E-state index contributed by atoms with van der Waals surface area (Å²) in [5.41, 5.74) is 2.35. The molecule has 2 aromatic rings. The summed E-state index contributed by atoms with van der Waals surface area (Å²) < 4.78 is 0. The van der Waals surface area contributed by atoms with Gasteiger partial charge in [0.1, 0.15) is 0 Å². The van der Waals surface area contributed by atoms with Crippen molar-refractivity contribution < 1.29 is 9.90 Å². The van der Waals surface area contributed by atoms with Gasteiger partial charge in [-0.2, -0.15) is 0 Å². The molecule has 0 unspecified atom stereocenters. The van der Waals surface area contributed by atoms with E-state index in [0.29, 0.717) is 17.1 Å². The first-order valence-corrected chi connectivity index (χ1v) is 6.75. The Morgan fingerprint density at radius 2 is 2.00 bits per heavy atom. The summed E-state index contributed by atoms with van der Waals surface area (Å²) in [7, 11) is 0. The minimum Gasteiger partial charge on any atom is -0.478 e. The topological polar surface area (TPSA) is 49.3 Å². The SMILES string of the molecule is C[C@@H](NCc1cccc(C(=O)O)c1)c1cccc(Cl)c1. The zero-order valence-corrected chi connectivity index (χ0v) is 11.9. The molecule has 104 valence electrons. The Hall–Kier alpha value is -1.84. The molecule has 3 nitrogen and oxygen atoms in total. The third-order valence-electron chi connectivity index (χ3n) is 3.13. The average Bonchev–Trinajstić information content (AvgIpc) is 2.45. The summed E-state index contributed by atoms with van der Waals surface area (Å²) in [6.45, 7) is 2.65. The van der Waals surface area contributed by atoms with Gasteiger partial charge >= 0.3 is 5.97 Å². The number of hydrogen-bond acceptors (Lipinski definition) is 2. The van der Waals surface area contributed by atoms with Crippen LogP contribution >= 0.6 is 11.6 Å². The van der Waals surface area contributed by atoms with Crippen LogP contribution in [-0.2, 0) is 6.54 Å². The van der Waals surface area contributed by atoms with Crippen molar-refractivity contribution in [3.63, 3.8) is 0 Å². The van der Waals surface area contributed by atoms with Gasteiger partial charge in [-0.3, -0.25) is 0 Å². The number of rotatable bonds is 5. The van der Waals surface area contributed by atoms with E-state index in [1.807, 2.05) is 37.3 Å². The largest absolute Gasteiger partial charge is 0.478 e. The van der Waals surface area contributed by atoms with Crippen molar-refractivity contribution in [3.05, 3.63) is 70.2 Å². The Morgan fingerprint density at radius 1 is 1.25 bits per heavy atom. The minimum atomic E-state index is -0.908. The van der Waals surface area contributed by atoms with Crippen molar-refractivity contribution in [2.75, 3.05) is 0 Å². The number of carbonyl (C=O) groups is 1. The van der Waals surface area contributed by atoms with E-state index in [1.165, 1.54) is 0 Å². The summed E-state index contributed by atoms with van der Waals surface area (Å²) in [6, 6.07) is 14.8. The molecule has 20 heavy (non-hydrogen) atoms. The monoisotopic (exact) mass is 289 g/mol. The van der Waals surface area contributed by atoms with Crippen LogP contribution in [0.4, 0.5) is 0 Å². The first kappa shape index (κ1) is 14.6. The van der Waals surface area contributed by atoms with Crippen LogP contribution in [0.1, 0.15) is 34.5 Å². The molecule has 0 radical (unpaired) electrons. The summed E-state index contributed by atoms with van der Waals surface area (Å²) in [5, 5.41) is 13.0. The van der Waals surface area contributed by atoms with Gasteiger partial charge in [0, 0.05) is 17.6 Å². The van der Waals surface area contributed by atoms with E-state index in [0.717, 1.165) is 11.1 Å². The highest BCUT2D eigenvalue weighted by molar-refractivity contribution is 6.30. The molecule has 1 atom stereocenters. The third kappa shape index (κ3) is 3.83. The van der Waals surface area contributed by atoms with Gasteiger partial charge in [-0.1, -0.05) is 35.9 Å². The van der Waals surface area contributed by atoms with E-state index < -0.39 is 5.97 Å². The third-order valence-corrected chi connectivity index (χ3v) is 3.37. The van der Waals surface area contributed by atoms with Crippen molar-refractivity contribution in [1.29, 1.82) is 0 Å². The highest BCUT2D eigenvalue weighted by Crippen LogP contribution is 2.18. The second-order valence-corrected chi connectivity index (χ2v) is 5.10. The van der Waals surface area contributed by atoms with E-state index in [1.54, 1.807) is 18.2 Å². The molecule has 0 aromatic heterocycles. The van der Waals surface area contributed by atoms with Gasteiger partial charge in [0.05, 0.1) is 5.56 Å². The Kier molecular flexibility index (Phi) is 4.77. The van der Waals surface area contributed by atoms with Crippen LogP contribution in [-0.4, -0.2) is 11.1 Å². The zero-order valence-electron chi connectivity index (χ0n) is 11.1. The van der Waals surface area contributed by atoms with E-state index in [9.17, 15) is 4.79 Å². The van der Waals surface area contributed by atoms with Crippen LogP contribution < -0.4 is 5.32 Å². The lowest BCUT2D eigenvalue weighted by atomic mass is 10.1. The first-order chi connectivity index (χ1) is 9.56. The molecular weight excluding hydrogens is 274 g/mol. The lowest BCUT2D eigenvalue weighted by molar-refractivity contribution is 0.0696. The molecule has 0 bridgehead atoms. The van der Waals surface area contributed by atoms with Gasteiger partial charge in [0.25, 0.3) is 0 Å². The van der Waals surface area contributed by atoms with Crippen LogP contribution in [0.25, 0.3) is 0 Å². The number of halogens is 1. The molecule has 0 aliphatic heterocycles. The molecule has 0 saturated heterocycles. The Labute approximate surface area is 123 Å². The van der Waals surface area contributed by atoms with Gasteiger partial charge in [0.15, 0.2) is 0 Å². The fraction of sp³-hybridized carbons (Fsp3) is 0.188. The van der Waals surface area contributed by atoms with Gasteiger partial charge in [-0.25, -0.2) is 4.79 Å². The predicted molar refractivity (Wildman–Crippen MR) is 80.1 cm³/mol. The molecule has 0 heterocycles. The van der Waals surface area contributed by atoms with Crippen molar-refractivity contribution in [2.24, 2.45) is 0 Å². The summed E-state index contributed by atoms with van der Waals surface area (Å²) in [5.74, 6) is -0.908. The van der Waals surface area contributed by atoms with Gasteiger partial charge in [-0.15, -0.1) is 0 Å². The van der Waals surface area contributed by atoms with E-state index >= 15 is 0 Å². The fourth-order valence-electron chi connectivity index (χ4n) is 1.98. The molecule has 0 amide bonds. The summed E-state index contributed by atoms with van der Waals surface area (Å²) >= 11 is 5.97. The molecule has 2 N–H and O–H groups in total. The number of hydrogen-bond donors (Lipinski definition) is 2. The molecule has 0 saturated carbocycles. The van der Waals surface area contributed by atoms with Crippen LogP contribution in [0.5, 0.6) is 0 Å². The highest BCUT2D eigenvalue weighted by atomic mass is 35.5. The van der Waals surface area contributed by atoms with Crippen molar-refractivity contribution in [2.45, 2.75) is 19.5 Å². The fourth-order valence-corrected chi connectivity index (χ4v) is 2.18. The first-order valence-electron chi connectivity index (χ1n) is 6.37. The van der Waals surface area contributed by atoms with E-state index in [-0.39, 0.29) is 6.04 Å². The number of aromatic carboxylic acids is 1. The summed E-state index contributed by atoms with van der Waals surface area (Å²) in [4.78, 5) is 10.9. The lowest BCUT2D eigenvalue weighted by Gasteiger charge is -2.14. The van der Waals surface area contributed by atoms with Gasteiger partial charge in [-0.05, 0) is 42.3 Å². The van der Waals surface area contributed by atoms with Crippen LogP contribution in [0.3, 0.4) is 0 Å². The molecule has 2 aromatic carbocycles. The zero-order chi connectivity index (χ0) is 14.5. The molecular formula is C16H16ClNO2. The molecule has 0 aliphatic rings. The molecule has 2 rings (SSSR count). The average molecular weight is 290 g/mol. The quantitative estimate of drug-likeness (QED) is 0.878. The summed E-state index contributed by atoms with van der Waals surface area (Å²) in [6.07, 6.45) is 0. The Morgan fingerprint density at radius 3 is 2.70 bits per heavy atom. The number of carboxylic acid groups (broad SMARTS) is 1. The van der Waals surface area contributed by atoms with Gasteiger partial charge < -0.3 is 10.4 Å². The maximum Gasteiger partial charge on any atom is 0.335 e. The highest BCUT2D eigenvalue weighted by Gasteiger charge is 2.07. The van der Waals surface area contributed by atoms with Gasteiger partial charge in [0.2, 0.25) is 0 Å². The second kappa shape index (κ2) is 6.55. The van der Waals surface area contributed by atoms with Crippen molar-refractivity contribution >= 4 is 17.6 Å². The number of benzene rings is 2. The molecule has 0 aliphatic carbocycles. The van der Waals surface area contributed by atoms with E-state index in [2.05, 4.69) is 5.32 Å². The smallest absolute Gasteiger partial charge is 0.335 e. The Bertz CT molecular complexity index is 613. The van der Waals surface area contributed by atoms with E-state index in [4.69, 9.17) is 16.7 Å². The second-order valence-electron chi connectivity index (χ2n) is 4.66. The molecule has 0 spiro atoms. The molecule has 0 fully saturated rings. The van der Waals surface area contributed by atoms with Crippen LogP contribution in [0, 0.1) is 0 Å². The van der Waals surface area contributed by atoms with Crippen molar-refractivity contribution in [1.82, 2.24) is 5.32 Å². The van der Waals surface area contributed by atoms with Crippen LogP contribution in [0.15, 0.2) is 48.5 Å². The maximum absolute atomic E-state index is 10.9. The van der Waals surface area contributed by atoms with Crippen molar-refractivity contribution in [3.8, 4) is 0 Å². The molecule has 4 heteroatoms. The number of nitrogens with one attached hydrogen (secondary N) is 1. The normalized spacial score (nSPS) is 12.1. The standard InChI is InChI=1S/C16H16ClNO2/c1-11(13-5-3-7-15(17)9-13)18-10-12-4-2-6-14(8-12)16(19)20/h2-9,11,18H,10H2,1H3,(H,19,20)/t11-/m1/s1. The minimum absolute atomic E-state index is 0.141.